The molecule has 174 valence electrons. The SMILES string of the molecule is O=C(CCCCCSc1nc2ccccc2c(=O)n1-c1ccc(F)cc1)NCc1ccncc1. The molecule has 0 aliphatic rings. The third kappa shape index (κ3) is 6.08. The molecule has 0 spiro atoms. The summed E-state index contributed by atoms with van der Waals surface area (Å²) in [6.45, 7) is 0.506. The Hall–Kier alpha value is -3.52. The number of halogens is 1. The quantitative estimate of drug-likeness (QED) is 0.200. The van der Waals surface area contributed by atoms with E-state index in [9.17, 15) is 14.0 Å². The molecule has 0 fully saturated rings. The van der Waals surface area contributed by atoms with Crippen molar-refractivity contribution in [2.45, 2.75) is 37.4 Å². The van der Waals surface area contributed by atoms with Gasteiger partial charge in [-0.3, -0.25) is 19.1 Å². The largest absolute Gasteiger partial charge is 0.352 e. The second-order valence-corrected chi connectivity index (χ2v) is 8.88. The van der Waals surface area contributed by atoms with Gasteiger partial charge in [0.2, 0.25) is 5.91 Å². The van der Waals surface area contributed by atoms with Crippen LogP contribution in [0.5, 0.6) is 0 Å². The van der Waals surface area contributed by atoms with Crippen molar-refractivity contribution >= 4 is 28.6 Å². The van der Waals surface area contributed by atoms with E-state index in [4.69, 9.17) is 4.98 Å². The molecular formula is C26H25FN4O2S. The van der Waals surface area contributed by atoms with Gasteiger partial charge in [-0.25, -0.2) is 9.37 Å². The Morgan fingerprint density at radius 3 is 2.53 bits per heavy atom. The van der Waals surface area contributed by atoms with E-state index >= 15 is 0 Å². The topological polar surface area (TPSA) is 76.9 Å². The number of carbonyl (C=O) groups is 1. The Kier molecular flexibility index (Phi) is 8.04. The zero-order chi connectivity index (χ0) is 23.8. The van der Waals surface area contributed by atoms with Gasteiger partial charge in [-0.2, -0.15) is 0 Å². The molecule has 0 unspecified atom stereocenters. The number of carbonyl (C=O) groups excluding carboxylic acids is 1. The predicted octanol–water partition coefficient (Wildman–Crippen LogP) is 4.89. The van der Waals surface area contributed by atoms with E-state index in [1.807, 2.05) is 24.3 Å². The molecule has 34 heavy (non-hydrogen) atoms. The zero-order valence-electron chi connectivity index (χ0n) is 18.6. The molecule has 8 heteroatoms. The first-order valence-corrected chi connectivity index (χ1v) is 12.2. The fraction of sp³-hybridized carbons (Fsp3) is 0.231. The molecule has 4 aromatic rings. The lowest BCUT2D eigenvalue weighted by atomic mass is 10.2. The minimum absolute atomic E-state index is 0.0332. The number of hydrogen-bond donors (Lipinski definition) is 1. The molecule has 1 N–H and O–H groups in total. The van der Waals surface area contributed by atoms with Crippen LogP contribution in [0.4, 0.5) is 4.39 Å². The second-order valence-electron chi connectivity index (χ2n) is 7.82. The summed E-state index contributed by atoms with van der Waals surface area (Å²) >= 11 is 1.49. The van der Waals surface area contributed by atoms with Gasteiger partial charge in [0.1, 0.15) is 5.82 Å². The molecular weight excluding hydrogens is 451 g/mol. The number of hydrogen-bond acceptors (Lipinski definition) is 5. The van der Waals surface area contributed by atoms with E-state index in [-0.39, 0.29) is 17.3 Å². The Morgan fingerprint density at radius 1 is 0.971 bits per heavy atom. The van der Waals surface area contributed by atoms with Crippen LogP contribution in [0.15, 0.2) is 83.0 Å². The fourth-order valence-electron chi connectivity index (χ4n) is 3.54. The summed E-state index contributed by atoms with van der Waals surface area (Å²) in [6.07, 6.45) is 6.46. The van der Waals surface area contributed by atoms with E-state index in [0.29, 0.717) is 34.7 Å². The summed E-state index contributed by atoms with van der Waals surface area (Å²) in [6, 6.07) is 16.8. The molecule has 0 aliphatic carbocycles. The van der Waals surface area contributed by atoms with E-state index in [0.717, 1.165) is 30.6 Å². The van der Waals surface area contributed by atoms with Crippen molar-refractivity contribution in [2.75, 3.05) is 5.75 Å². The number of aromatic nitrogens is 3. The monoisotopic (exact) mass is 476 g/mol. The van der Waals surface area contributed by atoms with Crippen molar-refractivity contribution < 1.29 is 9.18 Å². The smallest absolute Gasteiger partial charge is 0.266 e. The van der Waals surface area contributed by atoms with Crippen molar-refractivity contribution in [3.63, 3.8) is 0 Å². The van der Waals surface area contributed by atoms with Crippen LogP contribution in [0, 0.1) is 5.82 Å². The van der Waals surface area contributed by atoms with E-state index in [2.05, 4.69) is 10.3 Å². The fourth-order valence-corrected chi connectivity index (χ4v) is 4.56. The van der Waals surface area contributed by atoms with Gasteiger partial charge in [-0.05, 0) is 66.9 Å². The second kappa shape index (κ2) is 11.6. The Bertz CT molecular complexity index is 1310. The van der Waals surface area contributed by atoms with Crippen LogP contribution in [-0.2, 0) is 11.3 Å². The van der Waals surface area contributed by atoms with Gasteiger partial charge in [-0.15, -0.1) is 0 Å². The molecule has 0 saturated carbocycles. The number of thioether (sulfide) groups is 1. The third-order valence-corrected chi connectivity index (χ3v) is 6.37. The number of rotatable bonds is 10. The molecule has 4 rings (SSSR count). The van der Waals surface area contributed by atoms with Crippen molar-refractivity contribution in [1.82, 2.24) is 19.9 Å². The molecule has 0 saturated heterocycles. The summed E-state index contributed by atoms with van der Waals surface area (Å²) in [7, 11) is 0. The number of pyridine rings is 1. The van der Waals surface area contributed by atoms with Crippen LogP contribution < -0.4 is 10.9 Å². The first kappa shape index (κ1) is 23.6. The normalized spacial score (nSPS) is 11.0. The average molecular weight is 477 g/mol. The van der Waals surface area contributed by atoms with Gasteiger partial charge in [-0.1, -0.05) is 30.3 Å². The van der Waals surface area contributed by atoms with Crippen LogP contribution in [0.25, 0.3) is 16.6 Å². The molecule has 0 bridgehead atoms. The molecule has 2 aromatic carbocycles. The van der Waals surface area contributed by atoms with Gasteiger partial charge in [0, 0.05) is 31.1 Å². The number of amides is 1. The maximum atomic E-state index is 13.4. The van der Waals surface area contributed by atoms with Gasteiger partial charge >= 0.3 is 0 Å². The van der Waals surface area contributed by atoms with Gasteiger partial charge in [0.05, 0.1) is 16.6 Å². The highest BCUT2D eigenvalue weighted by Gasteiger charge is 2.13. The van der Waals surface area contributed by atoms with E-state index in [1.54, 1.807) is 41.2 Å². The number of nitrogens with one attached hydrogen (secondary N) is 1. The van der Waals surface area contributed by atoms with Crippen LogP contribution in [-0.4, -0.2) is 26.2 Å². The lowest BCUT2D eigenvalue weighted by Gasteiger charge is -2.13. The number of benzene rings is 2. The maximum Gasteiger partial charge on any atom is 0.266 e. The van der Waals surface area contributed by atoms with E-state index < -0.39 is 0 Å². The maximum absolute atomic E-state index is 13.4. The van der Waals surface area contributed by atoms with Gasteiger partial charge < -0.3 is 5.32 Å². The average Bonchev–Trinajstić information content (AvgIpc) is 2.86. The number of unbranched alkanes of at least 4 members (excludes halogenated alkanes) is 2. The predicted molar refractivity (Wildman–Crippen MR) is 133 cm³/mol. The highest BCUT2D eigenvalue weighted by molar-refractivity contribution is 7.99. The minimum atomic E-state index is -0.357. The van der Waals surface area contributed by atoms with Crippen molar-refractivity contribution in [3.8, 4) is 5.69 Å². The van der Waals surface area contributed by atoms with Crippen LogP contribution in [0.3, 0.4) is 0 Å². The molecule has 1 amide bonds. The lowest BCUT2D eigenvalue weighted by molar-refractivity contribution is -0.121. The van der Waals surface area contributed by atoms with Gasteiger partial charge in [0.15, 0.2) is 5.16 Å². The minimum Gasteiger partial charge on any atom is -0.352 e. The molecule has 0 radical (unpaired) electrons. The van der Waals surface area contributed by atoms with Crippen molar-refractivity contribution in [1.29, 1.82) is 0 Å². The summed E-state index contributed by atoms with van der Waals surface area (Å²) in [4.78, 5) is 33.9. The Balaban J connectivity index is 1.33. The standard InChI is InChI=1S/C26H25FN4O2S/c27-20-9-11-21(12-10-20)31-25(33)22-6-3-4-7-23(22)30-26(31)34-17-5-1-2-8-24(32)29-18-19-13-15-28-16-14-19/h3-4,6-7,9-16H,1-2,5,8,17-18H2,(H,29,32). The zero-order valence-corrected chi connectivity index (χ0v) is 19.4. The van der Waals surface area contributed by atoms with Crippen molar-refractivity contribution in [2.24, 2.45) is 0 Å². The first-order valence-electron chi connectivity index (χ1n) is 11.2. The summed E-state index contributed by atoms with van der Waals surface area (Å²) in [5.74, 6) is 0.431. The molecule has 2 heterocycles. The highest BCUT2D eigenvalue weighted by atomic mass is 32.2. The highest BCUT2D eigenvalue weighted by Crippen LogP contribution is 2.23. The summed E-state index contributed by atoms with van der Waals surface area (Å²) in [5.41, 5.74) is 2.07. The number of para-hydroxylation sites is 1. The van der Waals surface area contributed by atoms with Gasteiger partial charge in [0.25, 0.3) is 5.56 Å². The van der Waals surface area contributed by atoms with Crippen LogP contribution in [0.1, 0.15) is 31.2 Å². The van der Waals surface area contributed by atoms with Crippen LogP contribution in [0.2, 0.25) is 0 Å². The molecule has 6 nitrogen and oxygen atoms in total. The van der Waals surface area contributed by atoms with Crippen LogP contribution >= 0.6 is 11.8 Å². The Morgan fingerprint density at radius 2 is 1.74 bits per heavy atom. The molecule has 2 aromatic heterocycles. The summed E-state index contributed by atoms with van der Waals surface area (Å²) < 4.78 is 15.0. The number of fused-ring (bicyclic) bond motifs is 1. The molecule has 0 aliphatic heterocycles. The first-order chi connectivity index (χ1) is 16.6. The third-order valence-electron chi connectivity index (χ3n) is 5.35. The van der Waals surface area contributed by atoms with Crippen molar-refractivity contribution in [3.05, 3.63) is 94.8 Å². The molecule has 0 atom stereocenters. The van der Waals surface area contributed by atoms with E-state index in [1.165, 1.54) is 23.9 Å². The summed E-state index contributed by atoms with van der Waals surface area (Å²) in [5, 5.41) is 4.02. The number of nitrogens with zero attached hydrogens (tertiary/aromatic N) is 3. The lowest BCUT2D eigenvalue weighted by Crippen LogP contribution is -2.22. The Labute approximate surface area is 201 Å².